The highest BCUT2D eigenvalue weighted by molar-refractivity contribution is 6.35. The first-order valence-corrected chi connectivity index (χ1v) is 6.92. The molecule has 0 spiro atoms. The summed E-state index contributed by atoms with van der Waals surface area (Å²) in [6.45, 7) is -0.157. The van der Waals surface area contributed by atoms with Crippen LogP contribution in [-0.2, 0) is 6.42 Å². The lowest BCUT2D eigenvalue weighted by molar-refractivity contribution is -0.483. The Morgan fingerprint density at radius 1 is 1.10 bits per heavy atom. The Labute approximate surface area is 127 Å². The first-order chi connectivity index (χ1) is 9.56. The molecule has 1 atom stereocenters. The maximum Gasteiger partial charge on any atom is 0.211 e. The third-order valence-electron chi connectivity index (χ3n) is 3.10. The summed E-state index contributed by atoms with van der Waals surface area (Å²) in [6.07, 6.45) is 0.573. The van der Waals surface area contributed by atoms with E-state index in [1.807, 2.05) is 30.3 Å². The van der Waals surface area contributed by atoms with Crippen LogP contribution in [0.2, 0.25) is 10.0 Å². The Morgan fingerprint density at radius 3 is 2.40 bits per heavy atom. The van der Waals surface area contributed by atoms with Crippen LogP contribution in [0.5, 0.6) is 0 Å². The first-order valence-electron chi connectivity index (χ1n) is 6.17. The minimum absolute atomic E-state index is 0.157. The molecule has 0 radical (unpaired) electrons. The Kier molecular flexibility index (Phi) is 4.99. The molecule has 0 saturated heterocycles. The smallest absolute Gasteiger partial charge is 0.211 e. The predicted octanol–water partition coefficient (Wildman–Crippen LogP) is 4.60. The first kappa shape index (κ1) is 14.8. The second-order valence-corrected chi connectivity index (χ2v) is 5.41. The molecule has 2 rings (SSSR count). The molecule has 1 unspecified atom stereocenters. The Hall–Kier alpha value is -1.58. The Balaban J connectivity index is 2.29. The van der Waals surface area contributed by atoms with Gasteiger partial charge >= 0.3 is 0 Å². The number of hydrogen-bond acceptors (Lipinski definition) is 2. The SMILES string of the molecule is O=[N+]([O-])CC(Cc1ccccc1)c1ccc(Cl)cc1Cl. The lowest BCUT2D eigenvalue weighted by Gasteiger charge is -2.15. The van der Waals surface area contributed by atoms with Gasteiger partial charge in [0.1, 0.15) is 0 Å². The quantitative estimate of drug-likeness (QED) is 0.598. The third-order valence-corrected chi connectivity index (χ3v) is 3.66. The van der Waals surface area contributed by atoms with Crippen molar-refractivity contribution in [1.29, 1.82) is 0 Å². The van der Waals surface area contributed by atoms with E-state index in [1.165, 1.54) is 0 Å². The van der Waals surface area contributed by atoms with Crippen molar-refractivity contribution in [2.45, 2.75) is 12.3 Å². The second kappa shape index (κ2) is 6.73. The highest BCUT2D eigenvalue weighted by Gasteiger charge is 2.21. The van der Waals surface area contributed by atoms with Crippen LogP contribution in [0.25, 0.3) is 0 Å². The molecular weight excluding hydrogens is 297 g/mol. The van der Waals surface area contributed by atoms with Gasteiger partial charge in [0.2, 0.25) is 6.54 Å². The van der Waals surface area contributed by atoms with Crippen LogP contribution in [-0.4, -0.2) is 11.5 Å². The number of halogens is 2. The van der Waals surface area contributed by atoms with Crippen LogP contribution in [0.1, 0.15) is 17.0 Å². The Morgan fingerprint density at radius 2 is 1.80 bits per heavy atom. The molecule has 0 aliphatic rings. The molecule has 5 heteroatoms. The van der Waals surface area contributed by atoms with E-state index in [9.17, 15) is 10.1 Å². The van der Waals surface area contributed by atoms with Gasteiger partial charge in [0.05, 0.1) is 5.92 Å². The zero-order valence-electron chi connectivity index (χ0n) is 10.6. The van der Waals surface area contributed by atoms with Crippen molar-refractivity contribution in [3.05, 3.63) is 79.8 Å². The molecule has 0 amide bonds. The maximum absolute atomic E-state index is 10.9. The zero-order chi connectivity index (χ0) is 14.5. The van der Waals surface area contributed by atoms with Gasteiger partial charge in [-0.2, -0.15) is 0 Å². The molecule has 104 valence electrons. The van der Waals surface area contributed by atoms with Crippen molar-refractivity contribution in [3.63, 3.8) is 0 Å². The number of benzene rings is 2. The van der Waals surface area contributed by atoms with Gasteiger partial charge in [-0.3, -0.25) is 10.1 Å². The van der Waals surface area contributed by atoms with Crippen molar-refractivity contribution in [1.82, 2.24) is 0 Å². The topological polar surface area (TPSA) is 43.1 Å². The molecule has 0 aromatic heterocycles. The normalized spacial score (nSPS) is 12.1. The molecule has 2 aromatic rings. The van der Waals surface area contributed by atoms with E-state index < -0.39 is 0 Å². The summed E-state index contributed by atoms with van der Waals surface area (Å²) in [6, 6.07) is 14.8. The third kappa shape index (κ3) is 3.95. The highest BCUT2D eigenvalue weighted by Crippen LogP contribution is 2.30. The van der Waals surface area contributed by atoms with Crippen molar-refractivity contribution in [2.75, 3.05) is 6.54 Å². The van der Waals surface area contributed by atoms with Crippen LogP contribution in [0.15, 0.2) is 48.5 Å². The van der Waals surface area contributed by atoms with Crippen LogP contribution >= 0.6 is 23.2 Å². The van der Waals surface area contributed by atoms with Gasteiger partial charge < -0.3 is 0 Å². The van der Waals surface area contributed by atoms with E-state index in [2.05, 4.69) is 0 Å². The van der Waals surface area contributed by atoms with E-state index in [-0.39, 0.29) is 17.4 Å². The van der Waals surface area contributed by atoms with Gasteiger partial charge in [0.25, 0.3) is 0 Å². The largest absolute Gasteiger partial charge is 0.265 e. The van der Waals surface area contributed by atoms with E-state index in [4.69, 9.17) is 23.2 Å². The summed E-state index contributed by atoms with van der Waals surface area (Å²) in [4.78, 5) is 10.6. The van der Waals surface area contributed by atoms with Gasteiger partial charge in [-0.15, -0.1) is 0 Å². The van der Waals surface area contributed by atoms with Crippen LogP contribution in [0, 0.1) is 10.1 Å². The van der Waals surface area contributed by atoms with Gasteiger partial charge in [-0.05, 0) is 29.7 Å². The van der Waals surface area contributed by atoms with Crippen molar-refractivity contribution < 1.29 is 4.92 Å². The molecule has 0 aliphatic heterocycles. The molecule has 2 aromatic carbocycles. The Bertz CT molecular complexity index is 602. The van der Waals surface area contributed by atoms with E-state index in [0.717, 1.165) is 11.1 Å². The number of nitrogens with zero attached hydrogens (tertiary/aromatic N) is 1. The van der Waals surface area contributed by atoms with Gasteiger partial charge in [-0.25, -0.2) is 0 Å². The zero-order valence-corrected chi connectivity index (χ0v) is 12.1. The van der Waals surface area contributed by atoms with Crippen molar-refractivity contribution in [2.24, 2.45) is 0 Å². The fourth-order valence-electron chi connectivity index (χ4n) is 2.18. The minimum Gasteiger partial charge on any atom is -0.265 e. The van der Waals surface area contributed by atoms with Crippen molar-refractivity contribution in [3.8, 4) is 0 Å². The number of rotatable bonds is 5. The lowest BCUT2D eigenvalue weighted by atomic mass is 9.92. The molecule has 3 nitrogen and oxygen atoms in total. The van der Waals surface area contributed by atoms with E-state index >= 15 is 0 Å². The molecule has 0 aliphatic carbocycles. The monoisotopic (exact) mass is 309 g/mol. The summed E-state index contributed by atoms with van der Waals surface area (Å²) >= 11 is 12.0. The average molecular weight is 310 g/mol. The molecule has 0 fully saturated rings. The summed E-state index contributed by atoms with van der Waals surface area (Å²) in [5.41, 5.74) is 1.81. The molecule has 0 heterocycles. The van der Waals surface area contributed by atoms with Crippen LogP contribution in [0.4, 0.5) is 0 Å². The predicted molar refractivity (Wildman–Crippen MR) is 81.2 cm³/mol. The van der Waals surface area contributed by atoms with Gasteiger partial charge in [-0.1, -0.05) is 59.6 Å². The molecule has 20 heavy (non-hydrogen) atoms. The standard InChI is InChI=1S/C15H13Cl2NO2/c16-13-6-7-14(15(17)9-13)12(10-18(19)20)8-11-4-2-1-3-5-11/h1-7,9,12H,8,10H2. The number of nitro groups is 1. The molecule has 0 saturated carbocycles. The minimum atomic E-state index is -0.307. The summed E-state index contributed by atoms with van der Waals surface area (Å²) in [5, 5.41) is 11.9. The van der Waals surface area contributed by atoms with Crippen molar-refractivity contribution >= 4 is 23.2 Å². The molecular formula is C15H13Cl2NO2. The maximum atomic E-state index is 10.9. The summed E-state index contributed by atoms with van der Waals surface area (Å²) in [7, 11) is 0. The van der Waals surface area contributed by atoms with Gasteiger partial charge in [0, 0.05) is 15.0 Å². The van der Waals surface area contributed by atoms with Gasteiger partial charge in [0.15, 0.2) is 0 Å². The second-order valence-electron chi connectivity index (χ2n) is 4.57. The van der Waals surface area contributed by atoms with Crippen LogP contribution < -0.4 is 0 Å². The fraction of sp³-hybridized carbons (Fsp3) is 0.200. The summed E-state index contributed by atoms with van der Waals surface area (Å²) in [5.74, 6) is -0.267. The van der Waals surface area contributed by atoms with E-state index in [0.29, 0.717) is 16.5 Å². The molecule has 0 bridgehead atoms. The van der Waals surface area contributed by atoms with E-state index in [1.54, 1.807) is 18.2 Å². The van der Waals surface area contributed by atoms with Crippen LogP contribution in [0.3, 0.4) is 0 Å². The average Bonchev–Trinajstić information content (AvgIpc) is 2.38. The number of hydrogen-bond donors (Lipinski definition) is 0. The lowest BCUT2D eigenvalue weighted by Crippen LogP contribution is -2.15. The fourth-order valence-corrected chi connectivity index (χ4v) is 2.75. The highest BCUT2D eigenvalue weighted by atomic mass is 35.5. The molecule has 0 N–H and O–H groups in total. The summed E-state index contributed by atoms with van der Waals surface area (Å²) < 4.78 is 0.